The first kappa shape index (κ1) is 29.8. The van der Waals surface area contributed by atoms with Crippen molar-refractivity contribution >= 4 is 41.5 Å². The molecule has 4 aromatic rings. The van der Waals surface area contributed by atoms with Crippen LogP contribution in [0.1, 0.15) is 46.7 Å². The number of nitrogens with one attached hydrogen (secondary N) is 1. The minimum Gasteiger partial charge on any atom is -0.497 e. The second-order valence-corrected chi connectivity index (χ2v) is 10.4. The number of carbonyl (C=O) groups excluding carboxylic acids is 3. The number of fused-ring (bicyclic) bond motifs is 1. The molecule has 2 aromatic heterocycles. The summed E-state index contributed by atoms with van der Waals surface area (Å²) in [4.78, 5) is 46.9. The molecule has 0 saturated carbocycles. The number of methoxy groups -OCH3 is 1. The van der Waals surface area contributed by atoms with Gasteiger partial charge in [0.05, 0.1) is 31.5 Å². The Balaban J connectivity index is 0.00000368. The summed E-state index contributed by atoms with van der Waals surface area (Å²) in [6.45, 7) is 1.38. The normalized spacial score (nSPS) is 14.6. The van der Waals surface area contributed by atoms with Crippen LogP contribution in [0.15, 0.2) is 72.9 Å². The van der Waals surface area contributed by atoms with E-state index in [1.165, 1.54) is 0 Å². The molecular formula is C32H33ClN6O4. The van der Waals surface area contributed by atoms with Gasteiger partial charge in [-0.15, -0.1) is 12.4 Å². The number of benzene rings is 2. The van der Waals surface area contributed by atoms with Crippen LogP contribution in [-0.2, 0) is 29.0 Å². The van der Waals surface area contributed by atoms with Crippen LogP contribution in [0, 0.1) is 0 Å². The molecule has 11 heteroatoms. The number of nitrogens with zero attached hydrogens (tertiary/aromatic N) is 5. The average molecular weight is 601 g/mol. The number of piperidine rings is 1. The zero-order chi connectivity index (χ0) is 29.1. The fourth-order valence-electron chi connectivity index (χ4n) is 5.53. The molecule has 0 radical (unpaired) electrons. The van der Waals surface area contributed by atoms with Crippen molar-refractivity contribution in [3.63, 3.8) is 0 Å². The lowest BCUT2D eigenvalue weighted by molar-refractivity contribution is -0.121. The number of hydrogen-bond acceptors (Lipinski definition) is 6. The molecule has 1 saturated heterocycles. The van der Waals surface area contributed by atoms with Gasteiger partial charge >= 0.3 is 0 Å². The Morgan fingerprint density at radius 1 is 0.884 bits per heavy atom. The highest BCUT2D eigenvalue weighted by Crippen LogP contribution is 2.31. The molecule has 43 heavy (non-hydrogen) atoms. The Hall–Kier alpha value is -4.70. The van der Waals surface area contributed by atoms with E-state index >= 15 is 0 Å². The number of rotatable bonds is 8. The van der Waals surface area contributed by atoms with Crippen molar-refractivity contribution in [2.75, 3.05) is 30.0 Å². The summed E-state index contributed by atoms with van der Waals surface area (Å²) in [6, 6.07) is 20.4. The van der Waals surface area contributed by atoms with Gasteiger partial charge in [-0.1, -0.05) is 6.07 Å². The first-order valence-electron chi connectivity index (χ1n) is 14.2. The number of halogens is 1. The molecule has 1 fully saturated rings. The summed E-state index contributed by atoms with van der Waals surface area (Å²) in [6.07, 6.45) is 4.88. The predicted molar refractivity (Wildman–Crippen MR) is 165 cm³/mol. The Labute approximate surface area is 256 Å². The molecule has 0 spiro atoms. The summed E-state index contributed by atoms with van der Waals surface area (Å²) < 4.78 is 6.97. The molecule has 0 atom stereocenters. The molecule has 0 aliphatic carbocycles. The van der Waals surface area contributed by atoms with Crippen LogP contribution in [0.3, 0.4) is 0 Å². The van der Waals surface area contributed by atoms with E-state index in [9.17, 15) is 14.4 Å². The van der Waals surface area contributed by atoms with E-state index < -0.39 is 0 Å². The number of hydrogen-bond donors (Lipinski definition) is 1. The molecule has 222 valence electrons. The molecule has 0 bridgehead atoms. The first-order valence-corrected chi connectivity index (χ1v) is 14.2. The van der Waals surface area contributed by atoms with Crippen molar-refractivity contribution in [3.8, 4) is 11.4 Å². The average Bonchev–Trinajstić information content (AvgIpc) is 3.41. The number of anilines is 2. The Kier molecular flexibility index (Phi) is 9.06. The molecule has 3 amide bonds. The third-order valence-corrected chi connectivity index (χ3v) is 7.73. The third-order valence-electron chi connectivity index (χ3n) is 7.73. The number of carbonyl (C=O) groups is 3. The van der Waals surface area contributed by atoms with E-state index in [-0.39, 0.29) is 43.1 Å². The van der Waals surface area contributed by atoms with Gasteiger partial charge < -0.3 is 19.9 Å². The van der Waals surface area contributed by atoms with Crippen molar-refractivity contribution < 1.29 is 19.1 Å². The standard InChI is InChI=1S/C32H32N6O4.ClH/c1-42-26-14-12-25(13-15-26)38-31-27(28(35-38)21-34-29(39)20-22-6-2-4-17-33-22)16-19-37(32(31)41)24-10-8-23(9-11-24)36-18-5-3-7-30(36)40;/h2,4,6,8-15,17H,3,5,7,16,18-21H2,1H3,(H,34,39);1H. The van der Waals surface area contributed by atoms with E-state index in [1.807, 2.05) is 71.6 Å². The van der Waals surface area contributed by atoms with Crippen LogP contribution in [0.4, 0.5) is 11.4 Å². The highest BCUT2D eigenvalue weighted by atomic mass is 35.5. The lowest BCUT2D eigenvalue weighted by Crippen LogP contribution is -2.39. The minimum absolute atomic E-state index is 0. The number of amides is 3. The highest BCUT2D eigenvalue weighted by Gasteiger charge is 2.33. The van der Waals surface area contributed by atoms with Crippen LogP contribution < -0.4 is 19.9 Å². The van der Waals surface area contributed by atoms with Gasteiger partial charge in [0.1, 0.15) is 11.4 Å². The Morgan fingerprint density at radius 2 is 1.60 bits per heavy atom. The molecule has 4 heterocycles. The van der Waals surface area contributed by atoms with Crippen molar-refractivity contribution in [2.45, 2.75) is 38.6 Å². The maximum absolute atomic E-state index is 14.0. The minimum atomic E-state index is -0.174. The summed E-state index contributed by atoms with van der Waals surface area (Å²) in [5.74, 6) is 0.489. The molecular weight excluding hydrogens is 568 g/mol. The highest BCUT2D eigenvalue weighted by molar-refractivity contribution is 6.08. The zero-order valence-electron chi connectivity index (χ0n) is 23.9. The fourth-order valence-corrected chi connectivity index (χ4v) is 5.53. The number of aromatic nitrogens is 3. The van der Waals surface area contributed by atoms with Crippen molar-refractivity contribution in [3.05, 3.63) is 95.6 Å². The van der Waals surface area contributed by atoms with Gasteiger partial charge in [0.15, 0.2) is 0 Å². The molecule has 6 rings (SSSR count). The summed E-state index contributed by atoms with van der Waals surface area (Å²) in [5, 5.41) is 7.76. The lowest BCUT2D eigenvalue weighted by Gasteiger charge is -2.30. The van der Waals surface area contributed by atoms with E-state index in [0.717, 1.165) is 29.8 Å². The van der Waals surface area contributed by atoms with Crippen LogP contribution in [0.5, 0.6) is 5.75 Å². The quantitative estimate of drug-likeness (QED) is 0.323. The molecule has 2 aliphatic heterocycles. The third kappa shape index (κ3) is 6.24. The van der Waals surface area contributed by atoms with Gasteiger partial charge in [-0.05, 0) is 79.9 Å². The molecule has 10 nitrogen and oxygen atoms in total. The summed E-state index contributed by atoms with van der Waals surface area (Å²) in [7, 11) is 1.60. The summed E-state index contributed by atoms with van der Waals surface area (Å²) >= 11 is 0. The Morgan fingerprint density at radius 3 is 2.28 bits per heavy atom. The Bertz CT molecular complexity index is 1610. The van der Waals surface area contributed by atoms with Crippen LogP contribution >= 0.6 is 12.4 Å². The largest absolute Gasteiger partial charge is 0.497 e. The van der Waals surface area contributed by atoms with Crippen LogP contribution in [0.2, 0.25) is 0 Å². The van der Waals surface area contributed by atoms with Gasteiger partial charge in [0.25, 0.3) is 5.91 Å². The molecule has 0 unspecified atom stereocenters. The monoisotopic (exact) mass is 600 g/mol. The van der Waals surface area contributed by atoms with Crippen molar-refractivity contribution in [1.82, 2.24) is 20.1 Å². The number of pyridine rings is 1. The lowest BCUT2D eigenvalue weighted by atomic mass is 10.0. The second kappa shape index (κ2) is 13.1. The van der Waals surface area contributed by atoms with Gasteiger partial charge in [0.2, 0.25) is 11.8 Å². The summed E-state index contributed by atoms with van der Waals surface area (Å²) in [5.41, 5.74) is 4.94. The zero-order valence-corrected chi connectivity index (χ0v) is 24.7. The molecule has 2 aromatic carbocycles. The van der Waals surface area contributed by atoms with Gasteiger partial charge in [0, 0.05) is 48.3 Å². The van der Waals surface area contributed by atoms with E-state index in [2.05, 4.69) is 10.3 Å². The van der Waals surface area contributed by atoms with Crippen molar-refractivity contribution in [1.29, 1.82) is 0 Å². The topological polar surface area (TPSA) is 110 Å². The van der Waals surface area contributed by atoms with E-state index in [1.54, 1.807) is 22.9 Å². The second-order valence-electron chi connectivity index (χ2n) is 10.4. The van der Waals surface area contributed by atoms with E-state index in [0.29, 0.717) is 54.4 Å². The van der Waals surface area contributed by atoms with Gasteiger partial charge in [-0.25, -0.2) is 4.68 Å². The molecule has 1 N–H and O–H groups in total. The van der Waals surface area contributed by atoms with Crippen LogP contribution in [-0.4, -0.2) is 52.7 Å². The van der Waals surface area contributed by atoms with Gasteiger partial charge in [-0.3, -0.25) is 19.4 Å². The van der Waals surface area contributed by atoms with E-state index in [4.69, 9.17) is 9.84 Å². The predicted octanol–water partition coefficient (Wildman–Crippen LogP) is 4.28. The maximum Gasteiger partial charge on any atom is 0.277 e. The number of ether oxygens (including phenoxy) is 1. The first-order chi connectivity index (χ1) is 20.5. The fraction of sp³-hybridized carbons (Fsp3) is 0.281. The SMILES string of the molecule is COc1ccc(-n2nc(CNC(=O)Cc3ccccn3)c3c2C(=O)N(c2ccc(N4CCCCC4=O)cc2)CC3)cc1.Cl. The van der Waals surface area contributed by atoms with Gasteiger partial charge in [-0.2, -0.15) is 5.10 Å². The maximum atomic E-state index is 14.0. The molecule has 2 aliphatic rings. The smallest absolute Gasteiger partial charge is 0.277 e. The van der Waals surface area contributed by atoms with Crippen LogP contribution in [0.25, 0.3) is 5.69 Å². The van der Waals surface area contributed by atoms with Crippen molar-refractivity contribution in [2.24, 2.45) is 0 Å².